The number of halogens is 1. The number of hydrogen-bond donors (Lipinski definition) is 0. The summed E-state index contributed by atoms with van der Waals surface area (Å²) >= 11 is 0. The van der Waals surface area contributed by atoms with Crippen molar-refractivity contribution in [1.29, 1.82) is 0 Å². The third kappa shape index (κ3) is 1.04. The number of aryl methyl sites for hydroxylation is 1. The smallest absolute Gasteiger partial charge is 0.238 e. The third-order valence-corrected chi connectivity index (χ3v) is 2.90. The number of rotatable bonds is 0. The Balaban J connectivity index is 2.29. The second-order valence-electron chi connectivity index (χ2n) is 3.87. The van der Waals surface area contributed by atoms with Crippen molar-refractivity contribution in [3.63, 3.8) is 0 Å². The maximum absolute atomic E-state index is 13.2. The fourth-order valence-electron chi connectivity index (χ4n) is 2.31. The Bertz CT molecular complexity index is 496. The fraction of sp³-hybridized carbons (Fsp3) is 0.273. The summed E-state index contributed by atoms with van der Waals surface area (Å²) in [7, 11) is 0. The first-order valence-corrected chi connectivity index (χ1v) is 4.84. The van der Waals surface area contributed by atoms with E-state index < -0.39 is 0 Å². The zero-order valence-corrected chi connectivity index (χ0v) is 7.92. The van der Waals surface area contributed by atoms with Gasteiger partial charge in [0.25, 0.3) is 0 Å². The van der Waals surface area contributed by atoms with Gasteiger partial charge < -0.3 is 0 Å². The highest BCUT2D eigenvalue weighted by Gasteiger charge is 2.37. The van der Waals surface area contributed by atoms with Gasteiger partial charge in [-0.3, -0.25) is 9.59 Å². The molecule has 1 aromatic carbocycles. The molecule has 0 bridgehead atoms. The number of carbonyl (C=O) groups excluding carboxylic acids is 2. The van der Waals surface area contributed by atoms with Crippen molar-refractivity contribution >= 4 is 17.5 Å². The molecule has 0 N–H and O–H groups in total. The molecule has 76 valence electrons. The van der Waals surface area contributed by atoms with Crippen LogP contribution in [0.4, 0.5) is 10.1 Å². The van der Waals surface area contributed by atoms with Crippen molar-refractivity contribution in [2.24, 2.45) is 0 Å². The summed E-state index contributed by atoms with van der Waals surface area (Å²) in [6, 6.07) is 2.76. The lowest BCUT2D eigenvalue weighted by atomic mass is 9.99. The van der Waals surface area contributed by atoms with Gasteiger partial charge in [0.2, 0.25) is 11.8 Å². The highest BCUT2D eigenvalue weighted by molar-refractivity contribution is 6.20. The summed E-state index contributed by atoms with van der Waals surface area (Å²) in [5, 5.41) is 0. The van der Waals surface area contributed by atoms with E-state index in [-0.39, 0.29) is 24.1 Å². The highest BCUT2D eigenvalue weighted by Crippen LogP contribution is 2.37. The molecular weight excluding hydrogens is 197 g/mol. The number of hydrogen-bond acceptors (Lipinski definition) is 2. The van der Waals surface area contributed by atoms with E-state index in [1.165, 1.54) is 17.0 Å². The first kappa shape index (κ1) is 8.59. The van der Waals surface area contributed by atoms with Crippen LogP contribution in [0.1, 0.15) is 17.5 Å². The van der Waals surface area contributed by atoms with Gasteiger partial charge in [0.1, 0.15) is 5.82 Å². The van der Waals surface area contributed by atoms with Gasteiger partial charge in [-0.25, -0.2) is 9.29 Å². The van der Waals surface area contributed by atoms with Crippen molar-refractivity contribution in [2.75, 3.05) is 4.90 Å². The third-order valence-electron chi connectivity index (χ3n) is 2.90. The van der Waals surface area contributed by atoms with Crippen molar-refractivity contribution in [2.45, 2.75) is 19.3 Å². The van der Waals surface area contributed by atoms with E-state index in [2.05, 4.69) is 0 Å². The second kappa shape index (κ2) is 2.66. The van der Waals surface area contributed by atoms with Crippen LogP contribution in [-0.4, -0.2) is 11.8 Å². The molecule has 0 radical (unpaired) electrons. The number of amides is 2. The van der Waals surface area contributed by atoms with Crippen LogP contribution in [0.25, 0.3) is 0 Å². The normalized spacial score (nSPS) is 18.3. The van der Waals surface area contributed by atoms with Gasteiger partial charge >= 0.3 is 0 Å². The van der Waals surface area contributed by atoms with Gasteiger partial charge in [-0.1, -0.05) is 0 Å². The van der Waals surface area contributed by atoms with Crippen LogP contribution in [0.5, 0.6) is 0 Å². The van der Waals surface area contributed by atoms with E-state index in [0.717, 1.165) is 5.56 Å². The fourth-order valence-corrected chi connectivity index (χ4v) is 2.31. The Labute approximate surface area is 85.5 Å². The molecule has 0 aromatic heterocycles. The lowest BCUT2D eigenvalue weighted by molar-refractivity contribution is -0.125. The van der Waals surface area contributed by atoms with E-state index in [1.54, 1.807) is 0 Å². The van der Waals surface area contributed by atoms with E-state index >= 15 is 0 Å². The Morgan fingerprint density at radius 1 is 1.07 bits per heavy atom. The van der Waals surface area contributed by atoms with Crippen molar-refractivity contribution in [3.05, 3.63) is 29.1 Å². The Hall–Kier alpha value is -1.71. The minimum absolute atomic E-state index is 0.145. The molecule has 3 rings (SSSR count). The van der Waals surface area contributed by atoms with Gasteiger partial charge in [-0.2, -0.15) is 0 Å². The Kier molecular flexibility index (Phi) is 1.52. The molecule has 2 aliphatic heterocycles. The zero-order valence-electron chi connectivity index (χ0n) is 7.92. The average molecular weight is 205 g/mol. The molecule has 2 amide bonds. The lowest BCUT2D eigenvalue weighted by Gasteiger charge is -2.23. The summed E-state index contributed by atoms with van der Waals surface area (Å²) in [6.45, 7) is 0. The van der Waals surface area contributed by atoms with Gasteiger partial charge in [0.15, 0.2) is 0 Å². The van der Waals surface area contributed by atoms with Crippen LogP contribution in [0.15, 0.2) is 12.1 Å². The van der Waals surface area contributed by atoms with Crippen LogP contribution in [0.2, 0.25) is 0 Å². The van der Waals surface area contributed by atoms with Crippen molar-refractivity contribution < 1.29 is 14.0 Å². The van der Waals surface area contributed by atoms with Crippen LogP contribution in [0.3, 0.4) is 0 Å². The maximum Gasteiger partial charge on any atom is 0.238 e. The summed E-state index contributed by atoms with van der Waals surface area (Å²) in [5.74, 6) is -0.729. The average Bonchev–Trinajstić information content (AvgIpc) is 2.49. The van der Waals surface area contributed by atoms with Gasteiger partial charge in [0.05, 0.1) is 12.1 Å². The van der Waals surface area contributed by atoms with E-state index in [1.807, 2.05) is 0 Å². The number of nitrogens with zero attached hydrogens (tertiary/aromatic N) is 1. The zero-order chi connectivity index (χ0) is 10.6. The van der Waals surface area contributed by atoms with Crippen LogP contribution in [0, 0.1) is 5.82 Å². The summed E-state index contributed by atoms with van der Waals surface area (Å²) in [5.41, 5.74) is 2.05. The molecule has 2 heterocycles. The summed E-state index contributed by atoms with van der Waals surface area (Å²) < 4.78 is 13.2. The molecule has 0 spiro atoms. The Morgan fingerprint density at radius 2 is 1.80 bits per heavy atom. The SMILES string of the molecule is O=C1CCc2cc(F)cc3c2N1C(=O)C3. The van der Waals surface area contributed by atoms with E-state index in [4.69, 9.17) is 0 Å². The van der Waals surface area contributed by atoms with Crippen molar-refractivity contribution in [1.82, 2.24) is 0 Å². The first-order valence-electron chi connectivity index (χ1n) is 4.84. The Morgan fingerprint density at radius 3 is 2.60 bits per heavy atom. The largest absolute Gasteiger partial charge is 0.274 e. The number of benzene rings is 1. The van der Waals surface area contributed by atoms with Gasteiger partial charge in [-0.15, -0.1) is 0 Å². The predicted molar refractivity (Wildman–Crippen MR) is 50.9 cm³/mol. The lowest BCUT2D eigenvalue weighted by Crippen LogP contribution is -2.36. The van der Waals surface area contributed by atoms with Gasteiger partial charge in [0, 0.05) is 6.42 Å². The molecule has 4 heteroatoms. The standard InChI is InChI=1S/C11H8FNO2/c12-8-3-6-1-2-9(14)13-10(15)5-7(4-8)11(6)13/h3-4H,1-2,5H2. The van der Waals surface area contributed by atoms with E-state index in [9.17, 15) is 14.0 Å². The molecular formula is C11H8FNO2. The molecule has 15 heavy (non-hydrogen) atoms. The monoisotopic (exact) mass is 205 g/mol. The molecule has 0 atom stereocenters. The van der Waals surface area contributed by atoms with Crippen LogP contribution < -0.4 is 4.90 Å². The molecule has 1 aromatic rings. The number of imide groups is 1. The van der Waals surface area contributed by atoms with Crippen LogP contribution in [-0.2, 0) is 22.4 Å². The van der Waals surface area contributed by atoms with E-state index in [0.29, 0.717) is 24.1 Å². The molecule has 0 saturated heterocycles. The van der Waals surface area contributed by atoms with Gasteiger partial charge in [-0.05, 0) is 29.7 Å². The minimum atomic E-state index is -0.326. The molecule has 0 aliphatic carbocycles. The highest BCUT2D eigenvalue weighted by atomic mass is 19.1. The molecule has 3 nitrogen and oxygen atoms in total. The van der Waals surface area contributed by atoms with Crippen LogP contribution >= 0.6 is 0 Å². The first-order chi connectivity index (χ1) is 7.16. The quantitative estimate of drug-likeness (QED) is 0.596. The molecule has 0 unspecified atom stereocenters. The minimum Gasteiger partial charge on any atom is -0.274 e. The van der Waals surface area contributed by atoms with Crippen molar-refractivity contribution in [3.8, 4) is 0 Å². The maximum atomic E-state index is 13.2. The molecule has 0 saturated carbocycles. The summed E-state index contributed by atoms with van der Waals surface area (Å²) in [6.07, 6.45) is 0.968. The molecule has 0 fully saturated rings. The number of anilines is 1. The second-order valence-corrected chi connectivity index (χ2v) is 3.87. The molecule has 2 aliphatic rings. The number of carbonyl (C=O) groups is 2. The topological polar surface area (TPSA) is 37.4 Å². The summed E-state index contributed by atoms with van der Waals surface area (Å²) in [4.78, 5) is 24.3. The predicted octanol–water partition coefficient (Wildman–Crippen LogP) is 1.19.